The van der Waals surface area contributed by atoms with Gasteiger partial charge in [0.2, 0.25) is 0 Å². The highest BCUT2D eigenvalue weighted by atomic mass is 16.3. The molecule has 80 valence electrons. The summed E-state index contributed by atoms with van der Waals surface area (Å²) in [5, 5.41) is 23.6. The number of carboxylic acid groups (broad SMARTS) is 1. The second-order valence-corrected chi connectivity index (χ2v) is 2.53. The lowest BCUT2D eigenvalue weighted by atomic mass is 10.3. The van der Waals surface area contributed by atoms with E-state index in [-0.39, 0.29) is 12.6 Å². The zero-order valence-corrected chi connectivity index (χ0v) is 8.29. The van der Waals surface area contributed by atoms with E-state index in [0.29, 0.717) is 5.75 Å². The molecule has 0 saturated heterocycles. The Hall–Kier alpha value is -1.55. The molecule has 0 atom stereocenters. The first-order chi connectivity index (χ1) is 6.54. The number of hydrogen-bond acceptors (Lipinski definition) is 3. The molecule has 0 aliphatic carbocycles. The van der Waals surface area contributed by atoms with Gasteiger partial charge >= 0.3 is 0 Å². The molecule has 0 aromatic heterocycles. The molecule has 0 unspecified atom stereocenters. The van der Waals surface area contributed by atoms with Crippen molar-refractivity contribution in [2.45, 2.75) is 20.0 Å². The van der Waals surface area contributed by atoms with Crippen LogP contribution < -0.4 is 0 Å². The van der Waals surface area contributed by atoms with Gasteiger partial charge in [0.25, 0.3) is 6.47 Å². The van der Waals surface area contributed by atoms with Crippen molar-refractivity contribution in [1.82, 2.24) is 0 Å². The van der Waals surface area contributed by atoms with Gasteiger partial charge in [0.15, 0.2) is 0 Å². The molecule has 14 heavy (non-hydrogen) atoms. The van der Waals surface area contributed by atoms with Crippen molar-refractivity contribution in [3.63, 3.8) is 0 Å². The van der Waals surface area contributed by atoms with Gasteiger partial charge in [0, 0.05) is 6.10 Å². The van der Waals surface area contributed by atoms with Crippen LogP contribution in [0.2, 0.25) is 0 Å². The SMILES string of the molecule is CC(C)O.O=CO.Oc1ccccc1. The fraction of sp³-hybridized carbons (Fsp3) is 0.300. The molecular weight excluding hydrogens is 184 g/mol. The van der Waals surface area contributed by atoms with E-state index in [1.54, 1.807) is 38.1 Å². The number of aliphatic hydroxyl groups excluding tert-OH is 1. The molecule has 0 aliphatic heterocycles. The van der Waals surface area contributed by atoms with Crippen molar-refractivity contribution in [2.75, 3.05) is 0 Å². The fourth-order valence-electron chi connectivity index (χ4n) is 0.428. The van der Waals surface area contributed by atoms with Crippen LogP contribution in [0, 0.1) is 0 Å². The highest BCUT2D eigenvalue weighted by Gasteiger charge is 1.74. The van der Waals surface area contributed by atoms with Gasteiger partial charge in [0.05, 0.1) is 0 Å². The lowest BCUT2D eigenvalue weighted by molar-refractivity contribution is -0.122. The summed E-state index contributed by atoms with van der Waals surface area (Å²) in [6.45, 7) is 3.19. The van der Waals surface area contributed by atoms with Crippen molar-refractivity contribution in [3.8, 4) is 5.75 Å². The molecule has 0 radical (unpaired) electrons. The van der Waals surface area contributed by atoms with E-state index in [2.05, 4.69) is 0 Å². The number of para-hydroxylation sites is 1. The number of phenols is 1. The second kappa shape index (κ2) is 11.4. The van der Waals surface area contributed by atoms with E-state index in [4.69, 9.17) is 20.1 Å². The van der Waals surface area contributed by atoms with Gasteiger partial charge in [-0.1, -0.05) is 18.2 Å². The first-order valence-corrected chi connectivity index (χ1v) is 4.04. The maximum Gasteiger partial charge on any atom is 0.290 e. The summed E-state index contributed by atoms with van der Waals surface area (Å²) >= 11 is 0. The fourth-order valence-corrected chi connectivity index (χ4v) is 0.428. The molecule has 0 aliphatic rings. The smallest absolute Gasteiger partial charge is 0.290 e. The largest absolute Gasteiger partial charge is 0.508 e. The van der Waals surface area contributed by atoms with E-state index >= 15 is 0 Å². The molecule has 3 N–H and O–H groups in total. The van der Waals surface area contributed by atoms with Crippen LogP contribution in [0.25, 0.3) is 0 Å². The van der Waals surface area contributed by atoms with Gasteiger partial charge in [-0.05, 0) is 26.0 Å². The minimum Gasteiger partial charge on any atom is -0.508 e. The van der Waals surface area contributed by atoms with Crippen LogP contribution in [0.3, 0.4) is 0 Å². The Bertz CT molecular complexity index is 206. The van der Waals surface area contributed by atoms with Crippen molar-refractivity contribution >= 4 is 6.47 Å². The summed E-state index contributed by atoms with van der Waals surface area (Å²) in [5.74, 6) is 0.322. The van der Waals surface area contributed by atoms with E-state index in [1.165, 1.54) is 0 Å². The highest BCUT2D eigenvalue weighted by Crippen LogP contribution is 2.02. The molecule has 4 nitrogen and oxygen atoms in total. The Kier molecular flexibility index (Phi) is 12.2. The van der Waals surface area contributed by atoms with Gasteiger partial charge in [-0.2, -0.15) is 0 Å². The first kappa shape index (κ1) is 14.9. The molecular formula is C10H16O4. The average molecular weight is 200 g/mol. The third-order valence-electron chi connectivity index (χ3n) is 0.756. The Labute approximate surface area is 83.4 Å². The van der Waals surface area contributed by atoms with Crippen molar-refractivity contribution in [2.24, 2.45) is 0 Å². The molecule has 0 heterocycles. The third-order valence-corrected chi connectivity index (χ3v) is 0.756. The number of benzene rings is 1. The number of hydrogen-bond donors (Lipinski definition) is 3. The van der Waals surface area contributed by atoms with Crippen LogP contribution in [-0.4, -0.2) is 27.9 Å². The minimum absolute atomic E-state index is 0.167. The van der Waals surface area contributed by atoms with Crippen LogP contribution in [0.15, 0.2) is 30.3 Å². The van der Waals surface area contributed by atoms with Crippen LogP contribution in [0.5, 0.6) is 5.75 Å². The number of carbonyl (C=O) groups is 1. The maximum absolute atomic E-state index is 8.63. The molecule has 0 spiro atoms. The summed E-state index contributed by atoms with van der Waals surface area (Å²) < 4.78 is 0. The molecule has 1 aromatic carbocycles. The number of phenolic OH excluding ortho intramolecular Hbond substituents is 1. The first-order valence-electron chi connectivity index (χ1n) is 4.04. The predicted molar refractivity (Wildman–Crippen MR) is 54.2 cm³/mol. The second-order valence-electron chi connectivity index (χ2n) is 2.53. The normalized spacial score (nSPS) is 7.71. The molecule has 0 saturated carbocycles. The van der Waals surface area contributed by atoms with Gasteiger partial charge in [-0.3, -0.25) is 4.79 Å². The zero-order valence-electron chi connectivity index (χ0n) is 8.29. The Morgan fingerprint density at radius 3 is 1.64 bits per heavy atom. The van der Waals surface area contributed by atoms with Crippen molar-refractivity contribution < 1.29 is 20.1 Å². The van der Waals surface area contributed by atoms with Crippen LogP contribution >= 0.6 is 0 Å². The average Bonchev–Trinajstić information content (AvgIpc) is 2.05. The van der Waals surface area contributed by atoms with Gasteiger partial charge in [0.1, 0.15) is 5.75 Å². The molecule has 0 fully saturated rings. The van der Waals surface area contributed by atoms with Gasteiger partial charge in [-0.25, -0.2) is 0 Å². The van der Waals surface area contributed by atoms with Gasteiger partial charge in [-0.15, -0.1) is 0 Å². The number of aliphatic hydroxyl groups is 1. The maximum atomic E-state index is 8.63. The van der Waals surface area contributed by atoms with Crippen LogP contribution in [0.4, 0.5) is 0 Å². The number of aromatic hydroxyl groups is 1. The summed E-state index contributed by atoms with van der Waals surface area (Å²) in [6, 6.07) is 8.71. The van der Waals surface area contributed by atoms with Crippen LogP contribution in [-0.2, 0) is 4.79 Å². The monoisotopic (exact) mass is 200 g/mol. The summed E-state index contributed by atoms with van der Waals surface area (Å²) in [7, 11) is 0. The van der Waals surface area contributed by atoms with E-state index < -0.39 is 0 Å². The standard InChI is InChI=1S/C6H6O.C3H8O.CH2O2/c7-6-4-2-1-3-5-6;1-3(2)4;2-1-3/h1-5,7H;3-4H,1-2H3;1H,(H,2,3). The molecule has 4 heteroatoms. The Morgan fingerprint density at radius 2 is 1.50 bits per heavy atom. The molecule has 1 rings (SSSR count). The molecule has 0 bridgehead atoms. The summed E-state index contributed by atoms with van der Waals surface area (Å²) in [6.07, 6.45) is -0.167. The van der Waals surface area contributed by atoms with E-state index in [1.807, 2.05) is 6.07 Å². The van der Waals surface area contributed by atoms with Gasteiger partial charge < -0.3 is 15.3 Å². The summed E-state index contributed by atoms with van der Waals surface area (Å²) in [4.78, 5) is 8.36. The van der Waals surface area contributed by atoms with Crippen molar-refractivity contribution in [3.05, 3.63) is 30.3 Å². The number of rotatable bonds is 0. The van der Waals surface area contributed by atoms with E-state index in [9.17, 15) is 0 Å². The minimum atomic E-state index is -0.250. The lowest BCUT2D eigenvalue weighted by Gasteiger charge is -1.82. The highest BCUT2D eigenvalue weighted by molar-refractivity contribution is 5.32. The molecule has 1 aromatic rings. The Balaban J connectivity index is 0. The summed E-state index contributed by atoms with van der Waals surface area (Å²) in [5.41, 5.74) is 0. The topological polar surface area (TPSA) is 77.8 Å². The lowest BCUT2D eigenvalue weighted by Crippen LogP contribution is -1.85. The third kappa shape index (κ3) is 22.4. The van der Waals surface area contributed by atoms with Crippen LogP contribution in [0.1, 0.15) is 13.8 Å². The Morgan fingerprint density at radius 1 is 1.21 bits per heavy atom. The molecule has 0 amide bonds. The van der Waals surface area contributed by atoms with Crippen molar-refractivity contribution in [1.29, 1.82) is 0 Å². The van der Waals surface area contributed by atoms with E-state index in [0.717, 1.165) is 0 Å². The zero-order chi connectivity index (χ0) is 11.4. The predicted octanol–water partition coefficient (Wildman–Crippen LogP) is 1.48. The quantitative estimate of drug-likeness (QED) is 0.554.